The third kappa shape index (κ3) is 4.21. The molecule has 3 nitrogen and oxygen atoms in total. The van der Waals surface area contributed by atoms with Crippen molar-refractivity contribution in [2.45, 2.75) is 51.6 Å². The molecule has 1 aliphatic rings. The second-order valence-electron chi connectivity index (χ2n) is 6.28. The molecule has 3 heteroatoms. The second-order valence-corrected chi connectivity index (χ2v) is 6.28. The van der Waals surface area contributed by atoms with Crippen LogP contribution < -0.4 is 10.1 Å². The number of rotatable bonds is 8. The monoisotopic (exact) mass is 291 g/mol. The SMILES string of the molecule is CCOCC(NC1CC(c2ccccc2OC)C1)C(C)C. The summed E-state index contributed by atoms with van der Waals surface area (Å²) in [6, 6.07) is 9.45. The van der Waals surface area contributed by atoms with Gasteiger partial charge in [-0.15, -0.1) is 0 Å². The van der Waals surface area contributed by atoms with Gasteiger partial charge in [0.25, 0.3) is 0 Å². The van der Waals surface area contributed by atoms with Crippen LogP contribution in [0.25, 0.3) is 0 Å². The van der Waals surface area contributed by atoms with Crippen LogP contribution in [0.15, 0.2) is 24.3 Å². The first-order valence-corrected chi connectivity index (χ1v) is 8.12. The molecule has 1 unspecified atom stereocenters. The predicted molar refractivity (Wildman–Crippen MR) is 87.0 cm³/mol. The third-order valence-electron chi connectivity index (χ3n) is 4.47. The van der Waals surface area contributed by atoms with Crippen molar-refractivity contribution >= 4 is 0 Å². The highest BCUT2D eigenvalue weighted by molar-refractivity contribution is 5.37. The van der Waals surface area contributed by atoms with Crippen molar-refractivity contribution in [1.29, 1.82) is 0 Å². The Morgan fingerprint density at radius 1 is 1.24 bits per heavy atom. The van der Waals surface area contributed by atoms with Crippen LogP contribution in [0, 0.1) is 5.92 Å². The molecule has 1 aromatic carbocycles. The molecule has 0 saturated heterocycles. The van der Waals surface area contributed by atoms with E-state index in [2.05, 4.69) is 44.3 Å². The Balaban J connectivity index is 1.85. The van der Waals surface area contributed by atoms with Crippen molar-refractivity contribution in [1.82, 2.24) is 5.32 Å². The number of nitrogens with one attached hydrogen (secondary N) is 1. The van der Waals surface area contributed by atoms with Gasteiger partial charge in [-0.3, -0.25) is 0 Å². The average Bonchev–Trinajstić information content (AvgIpc) is 2.45. The molecule has 1 N–H and O–H groups in total. The Morgan fingerprint density at radius 2 is 1.95 bits per heavy atom. The van der Waals surface area contributed by atoms with Crippen LogP contribution in [0.4, 0.5) is 0 Å². The third-order valence-corrected chi connectivity index (χ3v) is 4.47. The standard InChI is InChI=1S/C18H29NO2/c1-5-21-12-17(13(2)3)19-15-10-14(11-15)16-8-6-7-9-18(16)20-4/h6-9,13-15,17,19H,5,10-12H2,1-4H3. The fraction of sp³-hybridized carbons (Fsp3) is 0.667. The Hall–Kier alpha value is -1.06. The summed E-state index contributed by atoms with van der Waals surface area (Å²) in [4.78, 5) is 0. The van der Waals surface area contributed by atoms with Crippen LogP contribution in [0.2, 0.25) is 0 Å². The Labute approximate surface area is 129 Å². The molecular weight excluding hydrogens is 262 g/mol. The predicted octanol–water partition coefficient (Wildman–Crippen LogP) is 3.59. The maximum absolute atomic E-state index is 5.59. The summed E-state index contributed by atoms with van der Waals surface area (Å²) in [5.74, 6) is 2.25. The van der Waals surface area contributed by atoms with E-state index >= 15 is 0 Å². The number of para-hydroxylation sites is 1. The molecule has 0 amide bonds. The van der Waals surface area contributed by atoms with Crippen molar-refractivity contribution in [3.05, 3.63) is 29.8 Å². The van der Waals surface area contributed by atoms with Gasteiger partial charge in [0.05, 0.1) is 13.7 Å². The molecule has 0 spiro atoms. The lowest BCUT2D eigenvalue weighted by atomic mass is 9.75. The number of hydrogen-bond donors (Lipinski definition) is 1. The second kappa shape index (κ2) is 7.81. The molecule has 118 valence electrons. The topological polar surface area (TPSA) is 30.5 Å². The van der Waals surface area contributed by atoms with E-state index in [9.17, 15) is 0 Å². The Bertz CT molecular complexity index is 427. The molecule has 1 fully saturated rings. The van der Waals surface area contributed by atoms with Crippen molar-refractivity contribution in [2.75, 3.05) is 20.3 Å². The first kappa shape index (κ1) is 16.3. The fourth-order valence-electron chi connectivity index (χ4n) is 2.99. The van der Waals surface area contributed by atoms with E-state index in [1.807, 2.05) is 6.07 Å². The van der Waals surface area contributed by atoms with Gasteiger partial charge in [-0.2, -0.15) is 0 Å². The highest BCUT2D eigenvalue weighted by atomic mass is 16.5. The van der Waals surface area contributed by atoms with Crippen molar-refractivity contribution in [3.8, 4) is 5.75 Å². The van der Waals surface area contributed by atoms with Crippen LogP contribution in [0.1, 0.15) is 45.1 Å². The molecule has 0 aromatic heterocycles. The van der Waals surface area contributed by atoms with Gasteiger partial charge in [-0.25, -0.2) is 0 Å². The normalized spacial score (nSPS) is 22.9. The smallest absolute Gasteiger partial charge is 0.122 e. The minimum Gasteiger partial charge on any atom is -0.496 e. The first-order valence-electron chi connectivity index (χ1n) is 8.12. The highest BCUT2D eigenvalue weighted by Crippen LogP contribution is 2.41. The molecule has 1 aromatic rings. The lowest BCUT2D eigenvalue weighted by molar-refractivity contribution is 0.0941. The lowest BCUT2D eigenvalue weighted by Gasteiger charge is -2.40. The molecule has 21 heavy (non-hydrogen) atoms. The zero-order chi connectivity index (χ0) is 15.2. The van der Waals surface area contributed by atoms with E-state index in [-0.39, 0.29) is 0 Å². The van der Waals surface area contributed by atoms with E-state index in [1.165, 1.54) is 18.4 Å². The quantitative estimate of drug-likeness (QED) is 0.794. The summed E-state index contributed by atoms with van der Waals surface area (Å²) in [6.07, 6.45) is 2.38. The summed E-state index contributed by atoms with van der Waals surface area (Å²) >= 11 is 0. The number of hydrogen-bond acceptors (Lipinski definition) is 3. The maximum Gasteiger partial charge on any atom is 0.122 e. The fourth-order valence-corrected chi connectivity index (χ4v) is 2.99. The van der Waals surface area contributed by atoms with E-state index in [0.29, 0.717) is 23.9 Å². The molecule has 0 radical (unpaired) electrons. The van der Waals surface area contributed by atoms with Gasteiger partial charge in [0.15, 0.2) is 0 Å². The van der Waals surface area contributed by atoms with Crippen LogP contribution in [-0.4, -0.2) is 32.4 Å². The van der Waals surface area contributed by atoms with E-state index in [1.54, 1.807) is 7.11 Å². The molecule has 1 aliphatic carbocycles. The first-order chi connectivity index (χ1) is 10.2. The molecular formula is C18H29NO2. The zero-order valence-electron chi connectivity index (χ0n) is 13.8. The Kier molecular flexibility index (Phi) is 6.07. The van der Waals surface area contributed by atoms with E-state index < -0.39 is 0 Å². The maximum atomic E-state index is 5.59. The summed E-state index contributed by atoms with van der Waals surface area (Å²) in [6.45, 7) is 8.17. The van der Waals surface area contributed by atoms with Crippen molar-refractivity contribution < 1.29 is 9.47 Å². The summed E-state index contributed by atoms with van der Waals surface area (Å²) in [5.41, 5.74) is 1.35. The number of ether oxygens (including phenoxy) is 2. The van der Waals surface area contributed by atoms with Gasteiger partial charge >= 0.3 is 0 Å². The van der Waals surface area contributed by atoms with Crippen molar-refractivity contribution in [3.63, 3.8) is 0 Å². The summed E-state index contributed by atoms with van der Waals surface area (Å²) in [7, 11) is 1.75. The minimum absolute atomic E-state index is 0.452. The van der Waals surface area contributed by atoms with Crippen LogP contribution in [0.3, 0.4) is 0 Å². The van der Waals surface area contributed by atoms with Gasteiger partial charge in [-0.1, -0.05) is 32.0 Å². The van der Waals surface area contributed by atoms with E-state index in [0.717, 1.165) is 19.0 Å². The van der Waals surface area contributed by atoms with Crippen LogP contribution in [-0.2, 0) is 4.74 Å². The molecule has 0 bridgehead atoms. The molecule has 1 atom stereocenters. The van der Waals surface area contributed by atoms with Gasteiger partial charge in [0, 0.05) is 18.7 Å². The van der Waals surface area contributed by atoms with Crippen LogP contribution in [0.5, 0.6) is 5.75 Å². The van der Waals surface area contributed by atoms with Gasteiger partial charge in [-0.05, 0) is 43.2 Å². The van der Waals surface area contributed by atoms with Gasteiger partial charge in [0.1, 0.15) is 5.75 Å². The van der Waals surface area contributed by atoms with E-state index in [4.69, 9.17) is 9.47 Å². The zero-order valence-corrected chi connectivity index (χ0v) is 13.8. The Morgan fingerprint density at radius 3 is 2.57 bits per heavy atom. The lowest BCUT2D eigenvalue weighted by Crippen LogP contribution is -2.49. The number of benzene rings is 1. The summed E-state index contributed by atoms with van der Waals surface area (Å²) < 4.78 is 11.1. The van der Waals surface area contributed by atoms with Crippen molar-refractivity contribution in [2.24, 2.45) is 5.92 Å². The molecule has 1 saturated carbocycles. The largest absolute Gasteiger partial charge is 0.496 e. The molecule has 2 rings (SSSR count). The van der Waals surface area contributed by atoms with Gasteiger partial charge in [0.2, 0.25) is 0 Å². The number of methoxy groups -OCH3 is 1. The average molecular weight is 291 g/mol. The van der Waals surface area contributed by atoms with Gasteiger partial charge < -0.3 is 14.8 Å². The van der Waals surface area contributed by atoms with Crippen LogP contribution >= 0.6 is 0 Å². The molecule has 0 heterocycles. The highest BCUT2D eigenvalue weighted by Gasteiger charge is 2.33. The molecule has 0 aliphatic heterocycles. The summed E-state index contributed by atoms with van der Waals surface area (Å²) in [5, 5.41) is 3.76. The minimum atomic E-state index is 0.452.